The largest absolute Gasteiger partial charge is 0.478 e. The number of carboxylic acid groups (broad SMARTS) is 1. The van der Waals surface area contributed by atoms with Crippen molar-refractivity contribution in [1.82, 2.24) is 4.90 Å². The summed E-state index contributed by atoms with van der Waals surface area (Å²) in [5.74, 6) is -2.39. The molecule has 2 N–H and O–H groups in total. The SMILES string of the molecule is O=C(CN1C(=O)S/C(=C/c2cccs2)C1=O)Nc1ccccc1C(=O)O. The Bertz CT molecular complexity index is 921. The van der Waals surface area contributed by atoms with Crippen LogP contribution in [-0.4, -0.2) is 39.6 Å². The summed E-state index contributed by atoms with van der Waals surface area (Å²) in [6.45, 7) is -0.486. The molecule has 2 aromatic rings. The summed E-state index contributed by atoms with van der Waals surface area (Å²) in [5.41, 5.74) is 0.0266. The van der Waals surface area contributed by atoms with Crippen molar-refractivity contribution >= 4 is 57.9 Å². The molecule has 1 aromatic carbocycles. The van der Waals surface area contributed by atoms with Crippen molar-refractivity contribution in [3.8, 4) is 0 Å². The number of thioether (sulfide) groups is 1. The first-order valence-corrected chi connectivity index (χ1v) is 9.06. The lowest BCUT2D eigenvalue weighted by Gasteiger charge is -2.13. The maximum atomic E-state index is 12.4. The highest BCUT2D eigenvalue weighted by Crippen LogP contribution is 2.32. The second-order valence-corrected chi connectivity index (χ2v) is 7.15. The van der Waals surface area contributed by atoms with Gasteiger partial charge in [0, 0.05) is 4.88 Å². The highest BCUT2D eigenvalue weighted by Gasteiger charge is 2.36. The topological polar surface area (TPSA) is 104 Å². The molecule has 7 nitrogen and oxygen atoms in total. The van der Waals surface area contributed by atoms with E-state index in [9.17, 15) is 19.2 Å². The Kier molecular flexibility index (Phi) is 5.19. The smallest absolute Gasteiger partial charge is 0.337 e. The molecule has 1 aliphatic heterocycles. The molecule has 132 valence electrons. The van der Waals surface area contributed by atoms with Crippen LogP contribution in [0.5, 0.6) is 0 Å². The van der Waals surface area contributed by atoms with Crippen LogP contribution in [0.1, 0.15) is 15.2 Å². The number of rotatable bonds is 5. The third-order valence-electron chi connectivity index (χ3n) is 3.42. The lowest BCUT2D eigenvalue weighted by molar-refractivity contribution is -0.127. The molecule has 0 atom stereocenters. The Morgan fingerprint density at radius 2 is 1.92 bits per heavy atom. The summed E-state index contributed by atoms with van der Waals surface area (Å²) >= 11 is 2.20. The molecule has 9 heteroatoms. The summed E-state index contributed by atoms with van der Waals surface area (Å²) in [6.07, 6.45) is 1.60. The Morgan fingerprint density at radius 3 is 2.62 bits per heavy atom. The number of amides is 3. The van der Waals surface area contributed by atoms with Crippen molar-refractivity contribution in [2.75, 3.05) is 11.9 Å². The van der Waals surface area contributed by atoms with Crippen LogP contribution in [0.15, 0.2) is 46.7 Å². The molecule has 1 saturated heterocycles. The molecular weight excluding hydrogens is 376 g/mol. The van der Waals surface area contributed by atoms with E-state index >= 15 is 0 Å². The predicted octanol–water partition coefficient (Wildman–Crippen LogP) is 3.12. The number of hydrogen-bond donors (Lipinski definition) is 2. The minimum Gasteiger partial charge on any atom is -0.478 e. The first kappa shape index (κ1) is 17.9. The Balaban J connectivity index is 1.71. The van der Waals surface area contributed by atoms with Crippen LogP contribution in [0, 0.1) is 0 Å². The van der Waals surface area contributed by atoms with Gasteiger partial charge in [0.15, 0.2) is 0 Å². The number of aromatic carboxylic acids is 1. The standard InChI is InChI=1S/C17H12N2O5S2/c20-14(18-12-6-2-1-5-11(12)16(22)23)9-19-15(21)13(26-17(19)24)8-10-4-3-7-25-10/h1-8H,9H2,(H,18,20)(H,22,23)/b13-8+. The second-order valence-electron chi connectivity index (χ2n) is 5.18. The van der Waals surface area contributed by atoms with Crippen molar-refractivity contribution < 1.29 is 24.3 Å². The van der Waals surface area contributed by atoms with Crippen molar-refractivity contribution in [2.24, 2.45) is 0 Å². The van der Waals surface area contributed by atoms with E-state index in [1.165, 1.54) is 29.5 Å². The van der Waals surface area contributed by atoms with Gasteiger partial charge in [0.2, 0.25) is 5.91 Å². The van der Waals surface area contributed by atoms with E-state index in [0.29, 0.717) is 0 Å². The molecule has 26 heavy (non-hydrogen) atoms. The van der Waals surface area contributed by atoms with Crippen LogP contribution in [0.4, 0.5) is 10.5 Å². The van der Waals surface area contributed by atoms with Gasteiger partial charge in [-0.05, 0) is 41.4 Å². The first-order valence-electron chi connectivity index (χ1n) is 7.37. The highest BCUT2D eigenvalue weighted by molar-refractivity contribution is 8.18. The quantitative estimate of drug-likeness (QED) is 0.763. The number of carbonyl (C=O) groups excluding carboxylic acids is 3. The van der Waals surface area contributed by atoms with Gasteiger partial charge < -0.3 is 10.4 Å². The zero-order valence-corrected chi connectivity index (χ0v) is 14.8. The van der Waals surface area contributed by atoms with E-state index in [0.717, 1.165) is 21.5 Å². The number of benzene rings is 1. The predicted molar refractivity (Wildman–Crippen MR) is 99.0 cm³/mol. The number of imide groups is 1. The molecule has 2 heterocycles. The van der Waals surface area contributed by atoms with Crippen molar-refractivity contribution in [2.45, 2.75) is 0 Å². The van der Waals surface area contributed by atoms with Gasteiger partial charge in [-0.1, -0.05) is 18.2 Å². The molecular formula is C17H12N2O5S2. The first-order chi connectivity index (χ1) is 12.5. The Labute approximate surface area is 156 Å². The molecule has 0 radical (unpaired) electrons. The fraction of sp³-hybridized carbons (Fsp3) is 0.0588. The third kappa shape index (κ3) is 3.84. The molecule has 1 fully saturated rings. The monoisotopic (exact) mass is 388 g/mol. The molecule has 3 rings (SSSR count). The number of nitrogens with one attached hydrogen (secondary N) is 1. The molecule has 1 aromatic heterocycles. The van der Waals surface area contributed by atoms with Gasteiger partial charge in [-0.15, -0.1) is 11.3 Å². The average molecular weight is 388 g/mol. The average Bonchev–Trinajstić information content (AvgIpc) is 3.19. The fourth-order valence-corrected chi connectivity index (χ4v) is 3.81. The molecule has 0 bridgehead atoms. The van der Waals surface area contributed by atoms with E-state index in [1.807, 2.05) is 17.5 Å². The number of nitrogens with zero attached hydrogens (tertiary/aromatic N) is 1. The van der Waals surface area contributed by atoms with Crippen molar-refractivity contribution in [1.29, 1.82) is 0 Å². The molecule has 3 amide bonds. The number of carboxylic acids is 1. The van der Waals surface area contributed by atoms with Crippen LogP contribution < -0.4 is 5.32 Å². The van der Waals surface area contributed by atoms with Crippen LogP contribution in [0.2, 0.25) is 0 Å². The van der Waals surface area contributed by atoms with Crippen LogP contribution >= 0.6 is 23.1 Å². The summed E-state index contributed by atoms with van der Waals surface area (Å²) in [7, 11) is 0. The van der Waals surface area contributed by atoms with E-state index in [1.54, 1.807) is 12.1 Å². The van der Waals surface area contributed by atoms with Crippen LogP contribution in [-0.2, 0) is 9.59 Å². The van der Waals surface area contributed by atoms with E-state index in [2.05, 4.69) is 5.32 Å². The lowest BCUT2D eigenvalue weighted by Crippen LogP contribution is -2.36. The Morgan fingerprint density at radius 1 is 1.15 bits per heavy atom. The molecule has 0 saturated carbocycles. The minimum atomic E-state index is -1.19. The molecule has 0 unspecified atom stereocenters. The minimum absolute atomic E-state index is 0.0763. The fourth-order valence-electron chi connectivity index (χ4n) is 2.25. The van der Waals surface area contributed by atoms with Gasteiger partial charge in [-0.25, -0.2) is 4.79 Å². The summed E-state index contributed by atoms with van der Waals surface area (Å²) in [5, 5.41) is 12.9. The molecule has 0 spiro atoms. The van der Waals surface area contributed by atoms with Gasteiger partial charge in [-0.3, -0.25) is 19.3 Å². The van der Waals surface area contributed by atoms with E-state index < -0.39 is 29.6 Å². The summed E-state index contributed by atoms with van der Waals surface area (Å²) in [4.78, 5) is 49.7. The van der Waals surface area contributed by atoms with Gasteiger partial charge in [0.05, 0.1) is 16.2 Å². The number of carbonyl (C=O) groups is 4. The number of thiophene rings is 1. The van der Waals surface area contributed by atoms with Crippen LogP contribution in [0.3, 0.4) is 0 Å². The lowest BCUT2D eigenvalue weighted by atomic mass is 10.2. The highest BCUT2D eigenvalue weighted by atomic mass is 32.2. The number of anilines is 1. The normalized spacial score (nSPS) is 15.5. The van der Waals surface area contributed by atoms with Gasteiger partial charge >= 0.3 is 5.97 Å². The second kappa shape index (κ2) is 7.54. The van der Waals surface area contributed by atoms with Gasteiger partial charge in [0.1, 0.15) is 6.54 Å². The maximum Gasteiger partial charge on any atom is 0.337 e. The van der Waals surface area contributed by atoms with Gasteiger partial charge in [0.25, 0.3) is 11.1 Å². The zero-order chi connectivity index (χ0) is 18.7. The Hall–Kier alpha value is -2.91. The van der Waals surface area contributed by atoms with Crippen LogP contribution in [0.25, 0.3) is 6.08 Å². The zero-order valence-electron chi connectivity index (χ0n) is 13.2. The number of hydrogen-bond acceptors (Lipinski definition) is 6. The maximum absolute atomic E-state index is 12.4. The summed E-state index contributed by atoms with van der Waals surface area (Å²) < 4.78 is 0. The van der Waals surface area contributed by atoms with Gasteiger partial charge in [-0.2, -0.15) is 0 Å². The van der Waals surface area contributed by atoms with Crippen molar-refractivity contribution in [3.05, 3.63) is 57.1 Å². The molecule has 1 aliphatic rings. The van der Waals surface area contributed by atoms with Crippen molar-refractivity contribution in [3.63, 3.8) is 0 Å². The third-order valence-corrected chi connectivity index (χ3v) is 5.15. The van der Waals surface area contributed by atoms with E-state index in [4.69, 9.17) is 5.11 Å². The van der Waals surface area contributed by atoms with E-state index in [-0.39, 0.29) is 16.2 Å². The summed E-state index contributed by atoms with van der Waals surface area (Å²) in [6, 6.07) is 9.53. The number of para-hydroxylation sites is 1. The molecule has 0 aliphatic carbocycles.